The summed E-state index contributed by atoms with van der Waals surface area (Å²) in [6, 6.07) is 0. The number of aliphatic hydroxyl groups excluding tert-OH is 2. The fourth-order valence-electron chi connectivity index (χ4n) is 9.29. The van der Waals surface area contributed by atoms with Gasteiger partial charge in [-0.3, -0.25) is 0 Å². The van der Waals surface area contributed by atoms with Gasteiger partial charge in [-0.15, -0.1) is 0 Å². The molecule has 4 aliphatic rings. The van der Waals surface area contributed by atoms with Gasteiger partial charge < -0.3 is 15.3 Å². The minimum Gasteiger partial charge on any atom is -0.393 e. The van der Waals surface area contributed by atoms with Crippen molar-refractivity contribution in [2.24, 2.45) is 46.3 Å². The van der Waals surface area contributed by atoms with Gasteiger partial charge >= 0.3 is 0 Å². The van der Waals surface area contributed by atoms with Crippen LogP contribution in [0, 0.1) is 46.3 Å². The van der Waals surface area contributed by atoms with Crippen LogP contribution in [0.15, 0.2) is 0 Å². The van der Waals surface area contributed by atoms with Crippen molar-refractivity contribution in [2.45, 2.75) is 123 Å². The van der Waals surface area contributed by atoms with Crippen LogP contribution in [-0.4, -0.2) is 33.1 Å². The molecule has 3 N–H and O–H groups in total. The number of hydrogen-bond donors (Lipinski definition) is 3. The molecule has 0 spiro atoms. The third kappa shape index (κ3) is 3.41. The number of fused-ring (bicyclic) bond motifs is 5. The minimum absolute atomic E-state index is 0.253. The summed E-state index contributed by atoms with van der Waals surface area (Å²) in [5.74, 6) is 4.13. The van der Waals surface area contributed by atoms with E-state index < -0.39 is 17.8 Å². The maximum atomic E-state index is 11.6. The molecule has 4 fully saturated rings. The Labute approximate surface area is 185 Å². The van der Waals surface area contributed by atoms with Crippen molar-refractivity contribution in [1.82, 2.24) is 0 Å². The van der Waals surface area contributed by atoms with Crippen LogP contribution in [-0.2, 0) is 0 Å². The fourth-order valence-corrected chi connectivity index (χ4v) is 9.29. The molecule has 0 aliphatic heterocycles. The molecule has 10 atom stereocenters. The van der Waals surface area contributed by atoms with Gasteiger partial charge in [-0.25, -0.2) is 0 Å². The molecule has 3 nitrogen and oxygen atoms in total. The number of aliphatic hydroxyl groups is 3. The van der Waals surface area contributed by atoms with Crippen LogP contribution in [0.2, 0.25) is 0 Å². The van der Waals surface area contributed by atoms with Crippen molar-refractivity contribution in [3.05, 3.63) is 0 Å². The van der Waals surface area contributed by atoms with E-state index in [0.717, 1.165) is 37.0 Å². The topological polar surface area (TPSA) is 60.7 Å². The van der Waals surface area contributed by atoms with Gasteiger partial charge in [0.25, 0.3) is 0 Å². The zero-order valence-electron chi connectivity index (χ0n) is 20.2. The molecule has 0 saturated heterocycles. The van der Waals surface area contributed by atoms with Crippen molar-refractivity contribution < 1.29 is 15.3 Å². The number of rotatable bonds is 5. The Morgan fingerprint density at radius 1 is 0.900 bits per heavy atom. The predicted molar refractivity (Wildman–Crippen MR) is 122 cm³/mol. The summed E-state index contributed by atoms with van der Waals surface area (Å²) in [7, 11) is 0. The monoisotopic (exact) mass is 420 g/mol. The average Bonchev–Trinajstić information content (AvgIpc) is 3.01. The zero-order valence-corrected chi connectivity index (χ0v) is 20.2. The van der Waals surface area contributed by atoms with E-state index in [4.69, 9.17) is 0 Å². The van der Waals surface area contributed by atoms with Crippen LogP contribution in [0.4, 0.5) is 0 Å². The maximum absolute atomic E-state index is 11.6. The molecular formula is C27H48O3. The van der Waals surface area contributed by atoms with Gasteiger partial charge in [0.15, 0.2) is 0 Å². The van der Waals surface area contributed by atoms with Gasteiger partial charge in [0.2, 0.25) is 0 Å². The van der Waals surface area contributed by atoms with E-state index in [1.165, 1.54) is 44.9 Å². The second-order valence-corrected chi connectivity index (χ2v) is 12.9. The van der Waals surface area contributed by atoms with Gasteiger partial charge in [0.05, 0.1) is 17.8 Å². The van der Waals surface area contributed by atoms with Crippen LogP contribution < -0.4 is 0 Å². The lowest BCUT2D eigenvalue weighted by atomic mass is 9.42. The highest BCUT2D eigenvalue weighted by Gasteiger charge is 2.67. The molecule has 0 aromatic carbocycles. The minimum atomic E-state index is -1.11. The number of hydrogen-bond acceptors (Lipinski definition) is 3. The van der Waals surface area contributed by atoms with E-state index in [-0.39, 0.29) is 5.41 Å². The van der Waals surface area contributed by atoms with E-state index in [1.807, 2.05) is 0 Å². The first-order valence-corrected chi connectivity index (χ1v) is 13.1. The summed E-state index contributed by atoms with van der Waals surface area (Å²) in [6.45, 7) is 12.0. The molecule has 0 bridgehead atoms. The molecule has 0 aromatic heterocycles. The highest BCUT2D eigenvalue weighted by Crippen LogP contribution is 2.69. The second kappa shape index (κ2) is 8.03. The smallest absolute Gasteiger partial charge is 0.0985 e. The first kappa shape index (κ1) is 23.1. The molecule has 4 rings (SSSR count). The molecule has 0 amide bonds. The van der Waals surface area contributed by atoms with Crippen molar-refractivity contribution in [2.75, 3.05) is 0 Å². The average molecular weight is 421 g/mol. The summed E-state index contributed by atoms with van der Waals surface area (Å²) in [5.41, 5.74) is -0.962. The Balaban J connectivity index is 1.53. The van der Waals surface area contributed by atoms with E-state index in [9.17, 15) is 15.3 Å². The van der Waals surface area contributed by atoms with Gasteiger partial charge in [0, 0.05) is 11.8 Å². The van der Waals surface area contributed by atoms with Crippen LogP contribution in [0.3, 0.4) is 0 Å². The molecule has 0 aromatic rings. The lowest BCUT2D eigenvalue weighted by molar-refractivity contribution is -0.264. The third-order valence-electron chi connectivity index (χ3n) is 11.0. The Morgan fingerprint density at radius 3 is 2.33 bits per heavy atom. The fraction of sp³-hybridized carbons (Fsp3) is 1.00. The summed E-state index contributed by atoms with van der Waals surface area (Å²) >= 11 is 0. The van der Waals surface area contributed by atoms with Crippen molar-refractivity contribution in [1.29, 1.82) is 0 Å². The second-order valence-electron chi connectivity index (χ2n) is 12.9. The molecule has 3 heteroatoms. The van der Waals surface area contributed by atoms with E-state index in [1.54, 1.807) is 0 Å². The molecule has 0 unspecified atom stereocenters. The lowest BCUT2D eigenvalue weighted by Gasteiger charge is -2.65. The molecule has 0 heterocycles. The van der Waals surface area contributed by atoms with Gasteiger partial charge in [-0.1, -0.05) is 53.9 Å². The lowest BCUT2D eigenvalue weighted by Crippen LogP contribution is -2.68. The summed E-state index contributed by atoms with van der Waals surface area (Å²) < 4.78 is 0. The highest BCUT2D eigenvalue weighted by molar-refractivity contribution is 5.17. The van der Waals surface area contributed by atoms with Crippen LogP contribution in [0.25, 0.3) is 0 Å². The first-order valence-electron chi connectivity index (χ1n) is 13.1. The SMILES string of the molecule is CC(C)CCC[C@H](C)[C@@H]1CC[C@@H]2[C@H]3C[C@@H](O)[C@@]4(O)C[C@@H](O)CC[C@]4(C)[C@H]3CC[C@@]21C. The molecular weight excluding hydrogens is 372 g/mol. The summed E-state index contributed by atoms with van der Waals surface area (Å²) in [4.78, 5) is 0. The van der Waals surface area contributed by atoms with E-state index >= 15 is 0 Å². The summed E-state index contributed by atoms with van der Waals surface area (Å²) in [6.07, 6.45) is 10.7. The molecule has 4 aliphatic carbocycles. The Hall–Kier alpha value is -0.120. The zero-order chi connectivity index (χ0) is 21.9. The van der Waals surface area contributed by atoms with Crippen molar-refractivity contribution in [3.63, 3.8) is 0 Å². The van der Waals surface area contributed by atoms with Crippen molar-refractivity contribution >= 4 is 0 Å². The Kier molecular flexibility index (Phi) is 6.17. The van der Waals surface area contributed by atoms with E-state index in [0.29, 0.717) is 29.6 Å². The first-order chi connectivity index (χ1) is 14.0. The normalized spacial score (nSPS) is 51.9. The molecule has 30 heavy (non-hydrogen) atoms. The molecule has 174 valence electrons. The van der Waals surface area contributed by atoms with Gasteiger partial charge in [0.1, 0.15) is 0 Å². The quantitative estimate of drug-likeness (QED) is 0.546. The Morgan fingerprint density at radius 2 is 1.63 bits per heavy atom. The molecule has 0 radical (unpaired) electrons. The third-order valence-corrected chi connectivity index (χ3v) is 11.0. The standard InChI is InChI=1S/C27H48O3/c1-17(2)7-6-8-18(3)21-9-10-22-20-15-24(29)27(30)16-19(28)11-14-26(27,5)23(20)12-13-25(21,22)4/h17-24,28-30H,6-16H2,1-5H3/t18-,19-,20+,21-,22+,23-,24+,25+,26+,27-/m0/s1. The van der Waals surface area contributed by atoms with Gasteiger partial charge in [-0.2, -0.15) is 0 Å². The highest BCUT2D eigenvalue weighted by atomic mass is 16.3. The van der Waals surface area contributed by atoms with Crippen LogP contribution >= 0.6 is 0 Å². The van der Waals surface area contributed by atoms with E-state index in [2.05, 4.69) is 34.6 Å². The van der Waals surface area contributed by atoms with Crippen LogP contribution in [0.5, 0.6) is 0 Å². The van der Waals surface area contributed by atoms with Gasteiger partial charge in [-0.05, 0) is 85.9 Å². The molecule has 4 saturated carbocycles. The predicted octanol–water partition coefficient (Wildman–Crippen LogP) is 5.55. The van der Waals surface area contributed by atoms with Crippen molar-refractivity contribution in [3.8, 4) is 0 Å². The largest absolute Gasteiger partial charge is 0.393 e. The Bertz CT molecular complexity index is 619. The van der Waals surface area contributed by atoms with Crippen LogP contribution in [0.1, 0.15) is 105 Å². The maximum Gasteiger partial charge on any atom is 0.0985 e. The summed E-state index contributed by atoms with van der Waals surface area (Å²) in [5, 5.41) is 33.0.